The van der Waals surface area contributed by atoms with E-state index in [2.05, 4.69) is 15.9 Å². The van der Waals surface area contributed by atoms with Crippen molar-refractivity contribution in [2.45, 2.75) is 31.5 Å². The summed E-state index contributed by atoms with van der Waals surface area (Å²) < 4.78 is 6.50. The first kappa shape index (κ1) is 11.6. The number of carbonyl (C=O) groups excluding carboxylic acids is 1. The van der Waals surface area contributed by atoms with Crippen LogP contribution in [-0.2, 0) is 0 Å². The van der Waals surface area contributed by atoms with Gasteiger partial charge in [0, 0.05) is 4.47 Å². The van der Waals surface area contributed by atoms with Crippen molar-refractivity contribution in [2.75, 3.05) is 0 Å². The Labute approximate surface area is 103 Å². The Kier molecular flexibility index (Phi) is 3.61. The van der Waals surface area contributed by atoms with Crippen LogP contribution < -0.4 is 4.74 Å². The Morgan fingerprint density at radius 1 is 1.44 bits per heavy atom. The van der Waals surface area contributed by atoms with Crippen LogP contribution in [0.4, 0.5) is 0 Å². The van der Waals surface area contributed by atoms with Gasteiger partial charge in [-0.2, -0.15) is 0 Å². The number of hydrogen-bond acceptors (Lipinski definition) is 3. The number of hydrogen-bond donors (Lipinski definition) is 1. The average Bonchev–Trinajstić information content (AvgIpc) is 2.67. The van der Waals surface area contributed by atoms with Gasteiger partial charge in [-0.15, -0.1) is 0 Å². The number of aliphatic hydroxyl groups is 1. The van der Waals surface area contributed by atoms with E-state index in [9.17, 15) is 9.90 Å². The van der Waals surface area contributed by atoms with E-state index >= 15 is 0 Å². The summed E-state index contributed by atoms with van der Waals surface area (Å²) in [5, 5.41) is 9.65. The third kappa shape index (κ3) is 2.44. The van der Waals surface area contributed by atoms with Gasteiger partial charge in [0.05, 0.1) is 11.7 Å². The largest absolute Gasteiger partial charge is 0.487 e. The Morgan fingerprint density at radius 2 is 2.25 bits per heavy atom. The zero-order chi connectivity index (χ0) is 11.5. The normalized spacial score (nSPS) is 24.4. The van der Waals surface area contributed by atoms with Gasteiger partial charge in [-0.25, -0.2) is 0 Å². The number of halogens is 1. The van der Waals surface area contributed by atoms with Crippen LogP contribution in [-0.4, -0.2) is 23.6 Å². The maximum absolute atomic E-state index is 10.9. The molecule has 4 heteroatoms. The zero-order valence-electron chi connectivity index (χ0n) is 8.73. The minimum atomic E-state index is -0.414. The van der Waals surface area contributed by atoms with Crippen molar-refractivity contribution in [3.05, 3.63) is 28.2 Å². The zero-order valence-corrected chi connectivity index (χ0v) is 10.3. The van der Waals surface area contributed by atoms with E-state index in [1.165, 1.54) is 0 Å². The van der Waals surface area contributed by atoms with Gasteiger partial charge >= 0.3 is 0 Å². The summed E-state index contributed by atoms with van der Waals surface area (Å²) in [6, 6.07) is 5.28. The average molecular weight is 285 g/mol. The fraction of sp³-hybridized carbons (Fsp3) is 0.417. The molecule has 0 spiro atoms. The second kappa shape index (κ2) is 4.97. The lowest BCUT2D eigenvalue weighted by atomic mass is 10.2. The summed E-state index contributed by atoms with van der Waals surface area (Å²) in [6.07, 6.45) is 2.76. The van der Waals surface area contributed by atoms with Gasteiger partial charge in [0.25, 0.3) is 0 Å². The van der Waals surface area contributed by atoms with Crippen LogP contribution in [0.1, 0.15) is 29.6 Å². The van der Waals surface area contributed by atoms with E-state index in [0.29, 0.717) is 11.3 Å². The van der Waals surface area contributed by atoms with Crippen molar-refractivity contribution in [1.82, 2.24) is 0 Å². The molecule has 2 unspecified atom stereocenters. The van der Waals surface area contributed by atoms with Crippen molar-refractivity contribution < 1.29 is 14.6 Å². The highest BCUT2D eigenvalue weighted by atomic mass is 79.9. The number of benzene rings is 1. The number of carbonyl (C=O) groups is 1. The molecular formula is C12H13BrO3. The van der Waals surface area contributed by atoms with Gasteiger partial charge in [0.2, 0.25) is 0 Å². The standard InChI is InChI=1S/C12H13BrO3/c13-9-4-5-11(8(6-9)7-14)16-12-3-1-2-10(12)15/h4-7,10,12,15H,1-3H2. The quantitative estimate of drug-likeness (QED) is 0.868. The van der Waals surface area contributed by atoms with Crippen LogP contribution >= 0.6 is 15.9 Å². The maximum atomic E-state index is 10.9. The lowest BCUT2D eigenvalue weighted by Gasteiger charge is -2.18. The summed E-state index contributed by atoms with van der Waals surface area (Å²) in [4.78, 5) is 10.9. The van der Waals surface area contributed by atoms with Crippen molar-refractivity contribution in [2.24, 2.45) is 0 Å². The maximum Gasteiger partial charge on any atom is 0.153 e. The van der Waals surface area contributed by atoms with Crippen molar-refractivity contribution in [1.29, 1.82) is 0 Å². The molecule has 0 radical (unpaired) electrons. The van der Waals surface area contributed by atoms with Crippen LogP contribution in [0.15, 0.2) is 22.7 Å². The van der Waals surface area contributed by atoms with E-state index < -0.39 is 6.10 Å². The molecule has 86 valence electrons. The molecule has 0 bridgehead atoms. The summed E-state index contributed by atoms with van der Waals surface area (Å²) in [5.41, 5.74) is 0.508. The molecular weight excluding hydrogens is 272 g/mol. The second-order valence-corrected chi connectivity index (χ2v) is 4.87. The summed E-state index contributed by atoms with van der Waals surface area (Å²) in [6.45, 7) is 0. The minimum Gasteiger partial charge on any atom is -0.487 e. The monoisotopic (exact) mass is 284 g/mol. The molecule has 0 aromatic heterocycles. The first-order chi connectivity index (χ1) is 7.70. The Balaban J connectivity index is 2.17. The summed E-state index contributed by atoms with van der Waals surface area (Å²) >= 11 is 3.30. The molecule has 0 amide bonds. The lowest BCUT2D eigenvalue weighted by molar-refractivity contribution is 0.0597. The third-order valence-corrected chi connectivity index (χ3v) is 3.29. The molecule has 1 aromatic rings. The van der Waals surface area contributed by atoms with Crippen LogP contribution in [0.2, 0.25) is 0 Å². The molecule has 0 heterocycles. The van der Waals surface area contributed by atoms with Gasteiger partial charge in [-0.3, -0.25) is 4.79 Å². The third-order valence-electron chi connectivity index (χ3n) is 2.79. The van der Waals surface area contributed by atoms with Crippen LogP contribution in [0.5, 0.6) is 5.75 Å². The Morgan fingerprint density at radius 3 is 2.88 bits per heavy atom. The fourth-order valence-corrected chi connectivity index (χ4v) is 2.30. The Hall–Kier alpha value is -0.870. The SMILES string of the molecule is O=Cc1cc(Br)ccc1OC1CCCC1O. The number of ether oxygens (including phenoxy) is 1. The first-order valence-electron chi connectivity index (χ1n) is 5.30. The molecule has 2 atom stereocenters. The molecule has 0 aliphatic heterocycles. The minimum absolute atomic E-state index is 0.181. The first-order valence-corrected chi connectivity index (χ1v) is 6.09. The van der Waals surface area contributed by atoms with Crippen molar-refractivity contribution in [3.8, 4) is 5.75 Å². The highest BCUT2D eigenvalue weighted by molar-refractivity contribution is 9.10. The number of aldehydes is 1. The highest BCUT2D eigenvalue weighted by Crippen LogP contribution is 2.28. The lowest BCUT2D eigenvalue weighted by Crippen LogP contribution is -2.26. The van der Waals surface area contributed by atoms with E-state index in [4.69, 9.17) is 4.74 Å². The second-order valence-electron chi connectivity index (χ2n) is 3.95. The summed E-state index contributed by atoms with van der Waals surface area (Å²) in [7, 11) is 0. The van der Waals surface area contributed by atoms with E-state index in [1.54, 1.807) is 12.1 Å². The van der Waals surface area contributed by atoms with E-state index in [-0.39, 0.29) is 6.10 Å². The van der Waals surface area contributed by atoms with Gasteiger partial charge in [0.1, 0.15) is 11.9 Å². The predicted octanol–water partition coefficient (Wildman–Crippen LogP) is 2.55. The molecule has 3 nitrogen and oxygen atoms in total. The number of rotatable bonds is 3. The summed E-state index contributed by atoms with van der Waals surface area (Å²) in [5.74, 6) is 0.546. The van der Waals surface area contributed by atoms with E-state index in [1.807, 2.05) is 6.07 Å². The molecule has 0 saturated heterocycles. The molecule has 1 fully saturated rings. The topological polar surface area (TPSA) is 46.5 Å². The fourth-order valence-electron chi connectivity index (χ4n) is 1.93. The van der Waals surface area contributed by atoms with Crippen LogP contribution in [0.25, 0.3) is 0 Å². The molecule has 1 saturated carbocycles. The smallest absolute Gasteiger partial charge is 0.153 e. The molecule has 1 aromatic carbocycles. The molecule has 1 N–H and O–H groups in total. The molecule has 1 aliphatic carbocycles. The van der Waals surface area contributed by atoms with Crippen molar-refractivity contribution >= 4 is 22.2 Å². The predicted molar refractivity (Wildman–Crippen MR) is 63.8 cm³/mol. The van der Waals surface area contributed by atoms with Gasteiger partial charge in [-0.05, 0) is 37.5 Å². The van der Waals surface area contributed by atoms with Gasteiger partial charge in [0.15, 0.2) is 6.29 Å². The van der Waals surface area contributed by atoms with Gasteiger partial charge in [-0.1, -0.05) is 15.9 Å². The van der Waals surface area contributed by atoms with Crippen LogP contribution in [0, 0.1) is 0 Å². The highest BCUT2D eigenvalue weighted by Gasteiger charge is 2.27. The van der Waals surface area contributed by atoms with Gasteiger partial charge < -0.3 is 9.84 Å². The number of aliphatic hydroxyl groups excluding tert-OH is 1. The molecule has 2 rings (SSSR count). The molecule has 16 heavy (non-hydrogen) atoms. The van der Waals surface area contributed by atoms with Crippen molar-refractivity contribution in [3.63, 3.8) is 0 Å². The van der Waals surface area contributed by atoms with E-state index in [0.717, 1.165) is 30.0 Å². The van der Waals surface area contributed by atoms with Crippen LogP contribution in [0.3, 0.4) is 0 Å². The molecule has 1 aliphatic rings. The Bertz CT molecular complexity index is 392.